The van der Waals surface area contributed by atoms with Crippen molar-refractivity contribution in [2.24, 2.45) is 0 Å². The number of H-pyrrole nitrogens is 1. The maximum atomic E-state index is 12.2. The molecule has 1 N–H and O–H groups in total. The largest absolute Gasteiger partial charge is 0.436 e. The summed E-state index contributed by atoms with van der Waals surface area (Å²) in [6.07, 6.45) is 5.31. The second-order valence-electron chi connectivity index (χ2n) is 6.33. The first kappa shape index (κ1) is 14.2. The maximum Gasteiger partial charge on any atom is 0.339 e. The number of oxazole rings is 1. The first-order chi connectivity index (χ1) is 12.2. The number of benzene rings is 1. The van der Waals surface area contributed by atoms with Gasteiger partial charge in [-0.15, -0.1) is 0 Å². The minimum absolute atomic E-state index is 0.181. The summed E-state index contributed by atoms with van der Waals surface area (Å²) in [7, 11) is 0. The van der Waals surface area contributed by atoms with Crippen LogP contribution in [0.5, 0.6) is 0 Å². The van der Waals surface area contributed by atoms with E-state index in [9.17, 15) is 9.59 Å². The molecule has 0 radical (unpaired) electrons. The molecule has 1 aliphatic rings. The molecule has 25 heavy (non-hydrogen) atoms. The van der Waals surface area contributed by atoms with Gasteiger partial charge in [-0.2, -0.15) is 0 Å². The predicted molar refractivity (Wildman–Crippen MR) is 92.7 cm³/mol. The molecule has 3 heterocycles. The fourth-order valence-corrected chi connectivity index (χ4v) is 3.53. The Morgan fingerprint density at radius 1 is 0.960 bits per heavy atom. The van der Waals surface area contributed by atoms with E-state index in [0.717, 1.165) is 42.2 Å². The van der Waals surface area contributed by atoms with Gasteiger partial charge in [-0.25, -0.2) is 9.78 Å². The fraction of sp³-hybridized carbons (Fsp3) is 0.211. The number of nitrogens with zero attached hydrogens (tertiary/aromatic N) is 1. The Morgan fingerprint density at radius 3 is 2.60 bits per heavy atom. The number of rotatable bonds is 1. The van der Waals surface area contributed by atoms with Gasteiger partial charge in [-0.3, -0.25) is 4.79 Å². The number of nitrogens with one attached hydrogen (secondary N) is 1. The SMILES string of the molecule is O=c1ccc(-c2nc3cc4c5c(c(=O)oc4cc3o2)CCCC5)c[nH]1. The van der Waals surface area contributed by atoms with E-state index in [-0.39, 0.29) is 11.2 Å². The van der Waals surface area contributed by atoms with Gasteiger partial charge >= 0.3 is 5.63 Å². The summed E-state index contributed by atoms with van der Waals surface area (Å²) in [4.78, 5) is 30.6. The van der Waals surface area contributed by atoms with Crippen molar-refractivity contribution in [2.75, 3.05) is 0 Å². The van der Waals surface area contributed by atoms with Crippen LogP contribution in [0.15, 0.2) is 48.9 Å². The Morgan fingerprint density at radius 2 is 1.80 bits per heavy atom. The molecule has 0 amide bonds. The summed E-state index contributed by atoms with van der Waals surface area (Å²) in [6, 6.07) is 6.74. The minimum atomic E-state index is -0.248. The zero-order chi connectivity index (χ0) is 17.0. The van der Waals surface area contributed by atoms with E-state index in [1.807, 2.05) is 6.07 Å². The molecule has 6 nitrogen and oxygen atoms in total. The summed E-state index contributed by atoms with van der Waals surface area (Å²) < 4.78 is 11.3. The van der Waals surface area contributed by atoms with Gasteiger partial charge in [-0.05, 0) is 43.4 Å². The van der Waals surface area contributed by atoms with Crippen molar-refractivity contribution in [3.8, 4) is 11.5 Å². The average molecular weight is 334 g/mol. The van der Waals surface area contributed by atoms with Crippen molar-refractivity contribution < 1.29 is 8.83 Å². The first-order valence-electron chi connectivity index (χ1n) is 8.27. The third-order valence-corrected chi connectivity index (χ3v) is 4.76. The van der Waals surface area contributed by atoms with Crippen molar-refractivity contribution >= 4 is 22.1 Å². The van der Waals surface area contributed by atoms with Gasteiger partial charge in [0.25, 0.3) is 0 Å². The highest BCUT2D eigenvalue weighted by Crippen LogP contribution is 2.31. The van der Waals surface area contributed by atoms with Crippen LogP contribution in [-0.4, -0.2) is 9.97 Å². The highest BCUT2D eigenvalue weighted by molar-refractivity contribution is 5.94. The molecule has 6 heteroatoms. The molecular formula is C19H14N2O4. The van der Waals surface area contributed by atoms with E-state index >= 15 is 0 Å². The van der Waals surface area contributed by atoms with Crippen LogP contribution in [0.1, 0.15) is 24.0 Å². The van der Waals surface area contributed by atoms with E-state index < -0.39 is 0 Å². The van der Waals surface area contributed by atoms with Gasteiger partial charge < -0.3 is 13.8 Å². The van der Waals surface area contributed by atoms with Crippen molar-refractivity contribution in [3.05, 3.63) is 62.4 Å². The van der Waals surface area contributed by atoms with Gasteiger partial charge in [0.05, 0.1) is 5.56 Å². The van der Waals surface area contributed by atoms with Crippen LogP contribution in [0.25, 0.3) is 33.5 Å². The Labute approximate surface area is 141 Å². The molecule has 0 spiro atoms. The lowest BCUT2D eigenvalue weighted by molar-refractivity contribution is 0.533. The predicted octanol–water partition coefficient (Wildman–Crippen LogP) is 3.17. The zero-order valence-electron chi connectivity index (χ0n) is 13.3. The van der Waals surface area contributed by atoms with E-state index in [4.69, 9.17) is 8.83 Å². The second kappa shape index (κ2) is 5.17. The lowest BCUT2D eigenvalue weighted by Crippen LogP contribution is -2.15. The van der Waals surface area contributed by atoms with Crippen LogP contribution >= 0.6 is 0 Å². The molecule has 1 aliphatic carbocycles. The molecule has 0 unspecified atom stereocenters. The normalized spacial score (nSPS) is 14.1. The summed E-state index contributed by atoms with van der Waals surface area (Å²) in [6.45, 7) is 0. The Hall–Kier alpha value is -3.15. The van der Waals surface area contributed by atoms with E-state index in [0.29, 0.717) is 28.1 Å². The van der Waals surface area contributed by atoms with E-state index in [1.165, 1.54) is 6.07 Å². The van der Waals surface area contributed by atoms with Crippen LogP contribution in [0.4, 0.5) is 0 Å². The second-order valence-corrected chi connectivity index (χ2v) is 6.33. The van der Waals surface area contributed by atoms with Gasteiger partial charge in [0, 0.05) is 29.3 Å². The Kier molecular flexibility index (Phi) is 2.94. The first-order valence-corrected chi connectivity index (χ1v) is 8.27. The zero-order valence-corrected chi connectivity index (χ0v) is 13.3. The number of hydrogen-bond acceptors (Lipinski definition) is 5. The van der Waals surface area contributed by atoms with Gasteiger partial charge in [0.15, 0.2) is 5.58 Å². The average Bonchev–Trinajstić information content (AvgIpc) is 3.04. The van der Waals surface area contributed by atoms with Crippen LogP contribution in [0.3, 0.4) is 0 Å². The van der Waals surface area contributed by atoms with E-state index in [2.05, 4.69) is 9.97 Å². The van der Waals surface area contributed by atoms with Crippen molar-refractivity contribution in [1.82, 2.24) is 9.97 Å². The topological polar surface area (TPSA) is 89.1 Å². The summed E-state index contributed by atoms with van der Waals surface area (Å²) in [5, 5.41) is 0.933. The number of hydrogen-bond donors (Lipinski definition) is 1. The Balaban J connectivity index is 1.76. The van der Waals surface area contributed by atoms with Gasteiger partial charge in [-0.1, -0.05) is 0 Å². The summed E-state index contributed by atoms with van der Waals surface area (Å²) >= 11 is 0. The highest BCUT2D eigenvalue weighted by Gasteiger charge is 2.19. The maximum absolute atomic E-state index is 12.2. The molecule has 4 aromatic rings. The molecule has 0 saturated heterocycles. The van der Waals surface area contributed by atoms with Crippen LogP contribution in [0, 0.1) is 0 Å². The van der Waals surface area contributed by atoms with Crippen LogP contribution in [0.2, 0.25) is 0 Å². The standard InChI is InChI=1S/C19H14N2O4/c22-17-6-5-10(9-20-17)18-21-14-7-13-11-3-1-2-4-12(11)19(23)25-15(13)8-16(14)24-18/h5-9H,1-4H2,(H,20,22). The third kappa shape index (κ3) is 2.21. The molecule has 5 rings (SSSR count). The van der Waals surface area contributed by atoms with Crippen molar-refractivity contribution in [3.63, 3.8) is 0 Å². The highest BCUT2D eigenvalue weighted by atomic mass is 16.4. The molecule has 124 valence electrons. The number of aromatic amines is 1. The lowest BCUT2D eigenvalue weighted by atomic mass is 9.90. The molecule has 0 bridgehead atoms. The van der Waals surface area contributed by atoms with Crippen molar-refractivity contribution in [1.29, 1.82) is 0 Å². The molecule has 1 aromatic carbocycles. The molecule has 0 fully saturated rings. The van der Waals surface area contributed by atoms with Crippen molar-refractivity contribution in [2.45, 2.75) is 25.7 Å². The number of fused-ring (bicyclic) bond motifs is 4. The van der Waals surface area contributed by atoms with Gasteiger partial charge in [0.1, 0.15) is 11.1 Å². The third-order valence-electron chi connectivity index (χ3n) is 4.76. The smallest absolute Gasteiger partial charge is 0.339 e. The summed E-state index contributed by atoms with van der Waals surface area (Å²) in [5.74, 6) is 0.415. The quantitative estimate of drug-likeness (QED) is 0.540. The number of aryl methyl sites for hydroxylation is 1. The summed E-state index contributed by atoms with van der Waals surface area (Å²) in [5.41, 5.74) is 3.91. The van der Waals surface area contributed by atoms with E-state index in [1.54, 1.807) is 18.3 Å². The van der Waals surface area contributed by atoms with Crippen LogP contribution in [-0.2, 0) is 12.8 Å². The fourth-order valence-electron chi connectivity index (χ4n) is 3.53. The Bertz CT molecular complexity index is 1230. The molecule has 0 atom stereocenters. The lowest BCUT2D eigenvalue weighted by Gasteiger charge is -2.15. The molecule has 0 aliphatic heterocycles. The van der Waals surface area contributed by atoms with Crippen LogP contribution < -0.4 is 11.2 Å². The monoisotopic (exact) mass is 334 g/mol. The molecule has 0 saturated carbocycles. The number of pyridine rings is 1. The molecule has 3 aromatic heterocycles. The molecular weight excluding hydrogens is 320 g/mol. The number of aromatic nitrogens is 2. The minimum Gasteiger partial charge on any atom is -0.436 e. The van der Waals surface area contributed by atoms with Gasteiger partial charge in [0.2, 0.25) is 11.4 Å².